The van der Waals surface area contributed by atoms with Gasteiger partial charge in [-0.25, -0.2) is 13.1 Å². The van der Waals surface area contributed by atoms with Crippen molar-refractivity contribution in [2.45, 2.75) is 56.7 Å². The number of hydrogen-bond acceptors (Lipinski definition) is 5. The minimum absolute atomic E-state index is 0.138. The zero-order chi connectivity index (χ0) is 19.3. The second-order valence-corrected chi connectivity index (χ2v) is 8.75. The van der Waals surface area contributed by atoms with Crippen molar-refractivity contribution in [1.82, 2.24) is 9.62 Å². The second kappa shape index (κ2) is 8.94. The monoisotopic (exact) mass is 383 g/mol. The molecule has 8 heteroatoms. The summed E-state index contributed by atoms with van der Waals surface area (Å²) in [6.45, 7) is 6.88. The molecule has 26 heavy (non-hydrogen) atoms. The summed E-state index contributed by atoms with van der Waals surface area (Å²) in [6, 6.07) is 5.67. The van der Waals surface area contributed by atoms with Gasteiger partial charge in [-0.2, -0.15) is 0 Å². The third-order valence-electron chi connectivity index (χ3n) is 4.38. The number of benzene rings is 1. The first-order chi connectivity index (χ1) is 12.2. The number of carbonyl (C=O) groups excluding carboxylic acids is 1. The van der Waals surface area contributed by atoms with Crippen molar-refractivity contribution in [2.75, 3.05) is 25.5 Å². The summed E-state index contributed by atoms with van der Waals surface area (Å²) in [5.41, 5.74) is 0.566. The highest BCUT2D eigenvalue weighted by molar-refractivity contribution is 7.89. The van der Waals surface area contributed by atoms with Crippen LogP contribution in [0.3, 0.4) is 0 Å². The molecule has 1 aliphatic heterocycles. The van der Waals surface area contributed by atoms with Gasteiger partial charge >= 0.3 is 0 Å². The molecule has 146 valence electrons. The van der Waals surface area contributed by atoms with Crippen LogP contribution in [0, 0.1) is 0 Å². The number of nitrogens with zero attached hydrogens (tertiary/aromatic N) is 1. The zero-order valence-corrected chi connectivity index (χ0v) is 16.7. The number of carbonyl (C=O) groups is 1. The molecule has 1 amide bonds. The Kier molecular flexibility index (Phi) is 7.16. The molecule has 2 N–H and O–H groups in total. The van der Waals surface area contributed by atoms with Gasteiger partial charge in [-0.05, 0) is 64.9 Å². The average molecular weight is 384 g/mol. The third kappa shape index (κ3) is 5.77. The molecule has 0 aliphatic carbocycles. The van der Waals surface area contributed by atoms with E-state index < -0.39 is 10.0 Å². The lowest BCUT2D eigenvalue weighted by Gasteiger charge is -2.26. The lowest BCUT2D eigenvalue weighted by Crippen LogP contribution is -2.43. The van der Waals surface area contributed by atoms with Crippen molar-refractivity contribution >= 4 is 21.6 Å². The quantitative estimate of drug-likeness (QED) is 0.715. The van der Waals surface area contributed by atoms with E-state index in [-0.39, 0.29) is 29.0 Å². The Morgan fingerprint density at radius 3 is 2.46 bits per heavy atom. The van der Waals surface area contributed by atoms with E-state index in [0.717, 1.165) is 19.4 Å². The summed E-state index contributed by atoms with van der Waals surface area (Å²) in [5.74, 6) is -0.138. The molecule has 1 fully saturated rings. The van der Waals surface area contributed by atoms with Crippen LogP contribution in [0.5, 0.6) is 0 Å². The molecule has 7 nitrogen and oxygen atoms in total. The summed E-state index contributed by atoms with van der Waals surface area (Å²) in [7, 11) is -1.63. The fraction of sp³-hybridized carbons (Fsp3) is 0.611. The molecule has 1 saturated heterocycles. The standard InChI is InChI=1S/C18H29N3O4S/c1-13(2)20-26(23,24)17-9-7-15(8-10-17)19-18(22)14(3)21(4)12-16-6-5-11-25-16/h7-10,13-14,16,20H,5-6,11-12H2,1-4H3,(H,19,22). The van der Waals surface area contributed by atoms with Crippen LogP contribution in [-0.4, -0.2) is 57.6 Å². The number of likely N-dealkylation sites (N-methyl/N-ethyl adjacent to an activating group) is 1. The van der Waals surface area contributed by atoms with E-state index in [2.05, 4.69) is 10.0 Å². The lowest BCUT2D eigenvalue weighted by molar-refractivity contribution is -0.120. The summed E-state index contributed by atoms with van der Waals surface area (Å²) in [5, 5.41) is 2.83. The Balaban J connectivity index is 1.93. The van der Waals surface area contributed by atoms with E-state index >= 15 is 0 Å². The van der Waals surface area contributed by atoms with Crippen LogP contribution in [0.2, 0.25) is 0 Å². The van der Waals surface area contributed by atoms with Crippen LogP contribution in [0.4, 0.5) is 5.69 Å². The number of hydrogen-bond donors (Lipinski definition) is 2. The van der Waals surface area contributed by atoms with Crippen molar-refractivity contribution < 1.29 is 17.9 Å². The Labute approximate surface area is 156 Å². The van der Waals surface area contributed by atoms with Gasteiger partial charge in [0.25, 0.3) is 0 Å². The minimum atomic E-state index is -3.53. The van der Waals surface area contributed by atoms with Crippen LogP contribution in [-0.2, 0) is 19.6 Å². The highest BCUT2D eigenvalue weighted by Gasteiger charge is 2.24. The Morgan fingerprint density at radius 2 is 1.92 bits per heavy atom. The van der Waals surface area contributed by atoms with Gasteiger partial charge in [0.15, 0.2) is 0 Å². The number of rotatable bonds is 8. The van der Waals surface area contributed by atoms with Crippen LogP contribution in [0.1, 0.15) is 33.6 Å². The SMILES string of the molecule is CC(C)NS(=O)(=O)c1ccc(NC(=O)C(C)N(C)CC2CCCO2)cc1. The van der Waals surface area contributed by atoms with E-state index in [9.17, 15) is 13.2 Å². The molecule has 1 aliphatic rings. The van der Waals surface area contributed by atoms with Crippen molar-refractivity contribution in [1.29, 1.82) is 0 Å². The number of sulfonamides is 1. The molecular weight excluding hydrogens is 354 g/mol. The Bertz CT molecular complexity index is 698. The second-order valence-electron chi connectivity index (χ2n) is 7.04. The lowest BCUT2D eigenvalue weighted by atomic mass is 10.2. The molecule has 0 aromatic heterocycles. The topological polar surface area (TPSA) is 87.7 Å². The van der Waals surface area contributed by atoms with Gasteiger partial charge in [-0.1, -0.05) is 0 Å². The number of anilines is 1. The van der Waals surface area contributed by atoms with Crippen molar-refractivity contribution in [3.05, 3.63) is 24.3 Å². The maximum Gasteiger partial charge on any atom is 0.241 e. The fourth-order valence-electron chi connectivity index (χ4n) is 2.81. The Morgan fingerprint density at radius 1 is 1.27 bits per heavy atom. The molecule has 1 aromatic carbocycles. The van der Waals surface area contributed by atoms with Crippen LogP contribution < -0.4 is 10.0 Å². The normalized spacial score (nSPS) is 19.1. The molecule has 1 heterocycles. The molecule has 0 spiro atoms. The summed E-state index contributed by atoms with van der Waals surface area (Å²) < 4.78 is 32.4. The van der Waals surface area contributed by atoms with E-state index in [1.807, 2.05) is 18.9 Å². The number of ether oxygens (including phenoxy) is 1. The molecule has 2 atom stereocenters. The molecule has 0 radical (unpaired) electrons. The number of nitrogens with one attached hydrogen (secondary N) is 2. The van der Waals surface area contributed by atoms with Crippen molar-refractivity contribution in [3.63, 3.8) is 0 Å². The predicted molar refractivity (Wildman–Crippen MR) is 102 cm³/mol. The Hall–Kier alpha value is -1.48. The molecule has 1 aromatic rings. The van der Waals surface area contributed by atoms with Crippen molar-refractivity contribution in [3.8, 4) is 0 Å². The smallest absolute Gasteiger partial charge is 0.241 e. The van der Waals surface area contributed by atoms with E-state index in [0.29, 0.717) is 12.2 Å². The van der Waals surface area contributed by atoms with E-state index in [1.54, 1.807) is 26.0 Å². The van der Waals surface area contributed by atoms with Crippen LogP contribution in [0.25, 0.3) is 0 Å². The van der Waals surface area contributed by atoms with Crippen molar-refractivity contribution in [2.24, 2.45) is 0 Å². The highest BCUT2D eigenvalue weighted by Crippen LogP contribution is 2.16. The summed E-state index contributed by atoms with van der Waals surface area (Å²) >= 11 is 0. The third-order valence-corrected chi connectivity index (χ3v) is 6.05. The first-order valence-corrected chi connectivity index (χ1v) is 10.4. The largest absolute Gasteiger partial charge is 0.377 e. The van der Waals surface area contributed by atoms with E-state index in [4.69, 9.17) is 4.74 Å². The van der Waals surface area contributed by atoms with Crippen LogP contribution in [0.15, 0.2) is 29.2 Å². The maximum atomic E-state index is 12.4. The summed E-state index contributed by atoms with van der Waals surface area (Å²) in [4.78, 5) is 14.6. The molecular formula is C18H29N3O4S. The van der Waals surface area contributed by atoms with E-state index in [1.165, 1.54) is 12.1 Å². The van der Waals surface area contributed by atoms with Gasteiger partial charge in [0.2, 0.25) is 15.9 Å². The minimum Gasteiger partial charge on any atom is -0.377 e. The van der Waals surface area contributed by atoms with Gasteiger partial charge < -0.3 is 10.1 Å². The molecule has 0 saturated carbocycles. The molecule has 2 unspecified atom stereocenters. The highest BCUT2D eigenvalue weighted by atomic mass is 32.2. The molecule has 2 rings (SSSR count). The summed E-state index contributed by atoms with van der Waals surface area (Å²) in [6.07, 6.45) is 2.28. The fourth-order valence-corrected chi connectivity index (χ4v) is 4.06. The number of amides is 1. The van der Waals surface area contributed by atoms with Gasteiger partial charge in [0.05, 0.1) is 17.0 Å². The van der Waals surface area contributed by atoms with Gasteiger partial charge in [0, 0.05) is 24.9 Å². The zero-order valence-electron chi connectivity index (χ0n) is 15.9. The maximum absolute atomic E-state index is 12.4. The average Bonchev–Trinajstić information content (AvgIpc) is 3.06. The van der Waals surface area contributed by atoms with Crippen LogP contribution >= 0.6 is 0 Å². The van der Waals surface area contributed by atoms with Gasteiger partial charge in [-0.15, -0.1) is 0 Å². The predicted octanol–water partition coefficient (Wildman–Crippen LogP) is 1.81. The first kappa shape index (κ1) is 20.8. The van der Waals surface area contributed by atoms with Gasteiger partial charge in [-0.3, -0.25) is 9.69 Å². The van der Waals surface area contributed by atoms with Gasteiger partial charge in [0.1, 0.15) is 0 Å². The molecule has 0 bridgehead atoms. The first-order valence-electron chi connectivity index (χ1n) is 8.94.